The molecule has 0 aromatic carbocycles. The molecule has 0 saturated carbocycles. The van der Waals surface area contributed by atoms with Gasteiger partial charge in [0.1, 0.15) is 0 Å². The smallest absolute Gasteiger partial charge is 0.255 e. The van der Waals surface area contributed by atoms with Crippen LogP contribution in [0.5, 0.6) is 0 Å². The molecule has 2 saturated heterocycles. The molecular weight excluding hydrogens is 246 g/mol. The number of fused-ring (bicyclic) bond motifs is 1. The zero-order valence-corrected chi connectivity index (χ0v) is 10.5. The Morgan fingerprint density at radius 3 is 2.84 bits per heavy atom. The molecule has 1 aromatic rings. The Morgan fingerprint density at radius 1 is 1.26 bits per heavy atom. The van der Waals surface area contributed by atoms with Crippen molar-refractivity contribution in [3.8, 4) is 0 Å². The van der Waals surface area contributed by atoms with Crippen LogP contribution in [0.25, 0.3) is 0 Å². The number of nitrogens with zero attached hydrogens (tertiary/aromatic N) is 2. The van der Waals surface area contributed by atoms with Crippen LogP contribution < -0.4 is 5.56 Å². The van der Waals surface area contributed by atoms with Gasteiger partial charge in [0, 0.05) is 44.4 Å². The summed E-state index contributed by atoms with van der Waals surface area (Å²) in [5, 5.41) is 0. The molecule has 2 aliphatic heterocycles. The van der Waals surface area contributed by atoms with Crippen molar-refractivity contribution in [1.29, 1.82) is 0 Å². The fraction of sp³-hybridized carbons (Fsp3) is 0.462. The van der Waals surface area contributed by atoms with Crippen molar-refractivity contribution in [1.82, 2.24) is 14.8 Å². The van der Waals surface area contributed by atoms with Crippen LogP contribution in [0.2, 0.25) is 0 Å². The van der Waals surface area contributed by atoms with Gasteiger partial charge in [-0.15, -0.1) is 0 Å². The maximum absolute atomic E-state index is 12.3. The van der Waals surface area contributed by atoms with Crippen molar-refractivity contribution in [2.45, 2.75) is 18.9 Å². The molecule has 2 amide bonds. The van der Waals surface area contributed by atoms with E-state index in [4.69, 9.17) is 0 Å². The number of piperazine rings is 1. The molecule has 6 nitrogen and oxygen atoms in total. The summed E-state index contributed by atoms with van der Waals surface area (Å²) in [6, 6.07) is 3.04. The normalized spacial score (nSPS) is 22.5. The molecule has 1 N–H and O–H groups in total. The van der Waals surface area contributed by atoms with E-state index in [0.717, 1.165) is 6.42 Å². The van der Waals surface area contributed by atoms with E-state index in [-0.39, 0.29) is 23.4 Å². The molecule has 1 aromatic heterocycles. The Morgan fingerprint density at radius 2 is 2.11 bits per heavy atom. The number of amides is 2. The van der Waals surface area contributed by atoms with Crippen LogP contribution in [0.15, 0.2) is 23.1 Å². The first-order chi connectivity index (χ1) is 9.15. The molecule has 6 heteroatoms. The molecule has 0 spiro atoms. The molecule has 19 heavy (non-hydrogen) atoms. The van der Waals surface area contributed by atoms with Crippen molar-refractivity contribution in [2.24, 2.45) is 0 Å². The summed E-state index contributed by atoms with van der Waals surface area (Å²) < 4.78 is 0. The summed E-state index contributed by atoms with van der Waals surface area (Å²) in [7, 11) is 0. The van der Waals surface area contributed by atoms with Crippen LogP contribution in [0.1, 0.15) is 23.2 Å². The van der Waals surface area contributed by atoms with Crippen molar-refractivity contribution < 1.29 is 9.59 Å². The lowest BCUT2D eigenvalue weighted by Gasteiger charge is -2.37. The van der Waals surface area contributed by atoms with E-state index in [1.807, 2.05) is 4.90 Å². The maximum Gasteiger partial charge on any atom is 0.255 e. The van der Waals surface area contributed by atoms with Gasteiger partial charge in [0.05, 0.1) is 5.56 Å². The van der Waals surface area contributed by atoms with E-state index in [1.165, 1.54) is 18.3 Å². The SMILES string of the molecule is O=C(c1ccc(=O)[nH]c1)N1CCN2C(=O)CCC2C1. The number of aromatic amines is 1. The van der Waals surface area contributed by atoms with Gasteiger partial charge in [-0.1, -0.05) is 0 Å². The van der Waals surface area contributed by atoms with Gasteiger partial charge in [0.2, 0.25) is 11.5 Å². The first kappa shape index (κ1) is 12.0. The minimum atomic E-state index is -0.220. The molecule has 2 aliphatic rings. The van der Waals surface area contributed by atoms with Gasteiger partial charge in [-0.05, 0) is 12.5 Å². The molecule has 1 atom stereocenters. The third-order valence-corrected chi connectivity index (χ3v) is 3.81. The number of pyridine rings is 1. The number of carbonyl (C=O) groups excluding carboxylic acids is 2. The molecule has 0 aliphatic carbocycles. The zero-order valence-electron chi connectivity index (χ0n) is 10.5. The molecule has 1 unspecified atom stereocenters. The van der Waals surface area contributed by atoms with Crippen LogP contribution in [0.3, 0.4) is 0 Å². The van der Waals surface area contributed by atoms with Gasteiger partial charge < -0.3 is 14.8 Å². The molecule has 3 heterocycles. The largest absolute Gasteiger partial charge is 0.336 e. The number of hydrogen-bond donors (Lipinski definition) is 1. The van der Waals surface area contributed by atoms with E-state index >= 15 is 0 Å². The van der Waals surface area contributed by atoms with E-state index in [2.05, 4.69) is 4.98 Å². The second-order valence-corrected chi connectivity index (χ2v) is 4.97. The van der Waals surface area contributed by atoms with Crippen LogP contribution in [-0.2, 0) is 4.79 Å². The molecule has 0 bridgehead atoms. The number of nitrogens with one attached hydrogen (secondary N) is 1. The van der Waals surface area contributed by atoms with Gasteiger partial charge in [-0.2, -0.15) is 0 Å². The van der Waals surface area contributed by atoms with E-state index in [1.54, 1.807) is 4.90 Å². The molecular formula is C13H15N3O3. The summed E-state index contributed by atoms with van der Waals surface area (Å²) in [5.74, 6) is 0.108. The third-order valence-electron chi connectivity index (χ3n) is 3.81. The topological polar surface area (TPSA) is 73.5 Å². The Kier molecular flexibility index (Phi) is 2.85. The molecule has 2 fully saturated rings. The van der Waals surface area contributed by atoms with Crippen LogP contribution in [0, 0.1) is 0 Å². The highest BCUT2D eigenvalue weighted by atomic mass is 16.2. The number of rotatable bonds is 1. The average molecular weight is 261 g/mol. The lowest BCUT2D eigenvalue weighted by molar-refractivity contribution is -0.130. The van der Waals surface area contributed by atoms with Gasteiger partial charge in [-0.25, -0.2) is 0 Å². The fourth-order valence-corrected chi connectivity index (χ4v) is 2.78. The Balaban J connectivity index is 1.73. The van der Waals surface area contributed by atoms with Crippen molar-refractivity contribution in [3.05, 3.63) is 34.2 Å². The predicted molar refractivity (Wildman–Crippen MR) is 67.7 cm³/mol. The van der Waals surface area contributed by atoms with Gasteiger partial charge in [0.25, 0.3) is 5.91 Å². The number of carbonyl (C=O) groups is 2. The third kappa shape index (κ3) is 2.14. The summed E-state index contributed by atoms with van der Waals surface area (Å²) in [6.07, 6.45) is 2.86. The highest BCUT2D eigenvalue weighted by Crippen LogP contribution is 2.23. The lowest BCUT2D eigenvalue weighted by atomic mass is 10.1. The van der Waals surface area contributed by atoms with Crippen LogP contribution >= 0.6 is 0 Å². The fourth-order valence-electron chi connectivity index (χ4n) is 2.78. The minimum Gasteiger partial charge on any atom is -0.336 e. The van der Waals surface area contributed by atoms with E-state index in [0.29, 0.717) is 31.6 Å². The number of H-pyrrole nitrogens is 1. The van der Waals surface area contributed by atoms with Crippen molar-refractivity contribution >= 4 is 11.8 Å². The Bertz CT molecular complexity index is 560. The zero-order chi connectivity index (χ0) is 13.4. The molecule has 100 valence electrons. The quantitative estimate of drug-likeness (QED) is 0.762. The maximum atomic E-state index is 12.3. The highest BCUT2D eigenvalue weighted by molar-refractivity contribution is 5.94. The van der Waals surface area contributed by atoms with Crippen LogP contribution in [0.4, 0.5) is 0 Å². The Labute approximate surface area is 110 Å². The Hall–Kier alpha value is -2.11. The second-order valence-electron chi connectivity index (χ2n) is 4.97. The second kappa shape index (κ2) is 4.53. The van der Waals surface area contributed by atoms with Gasteiger partial charge >= 0.3 is 0 Å². The van der Waals surface area contributed by atoms with Crippen molar-refractivity contribution in [2.75, 3.05) is 19.6 Å². The molecule has 3 rings (SSSR count). The predicted octanol–water partition coefficient (Wildman–Crippen LogP) is -0.178. The average Bonchev–Trinajstić information content (AvgIpc) is 2.80. The van der Waals surface area contributed by atoms with Gasteiger partial charge in [-0.3, -0.25) is 14.4 Å². The number of hydrogen-bond acceptors (Lipinski definition) is 3. The lowest BCUT2D eigenvalue weighted by Crippen LogP contribution is -2.53. The van der Waals surface area contributed by atoms with Gasteiger partial charge in [0.15, 0.2) is 0 Å². The van der Waals surface area contributed by atoms with Crippen LogP contribution in [-0.4, -0.2) is 52.3 Å². The van der Waals surface area contributed by atoms with E-state index < -0.39 is 0 Å². The van der Waals surface area contributed by atoms with Crippen molar-refractivity contribution in [3.63, 3.8) is 0 Å². The summed E-state index contributed by atoms with van der Waals surface area (Å²) in [6.45, 7) is 1.75. The van der Waals surface area contributed by atoms with E-state index in [9.17, 15) is 14.4 Å². The first-order valence-electron chi connectivity index (χ1n) is 6.42. The minimum absolute atomic E-state index is 0.0877. The summed E-state index contributed by atoms with van der Waals surface area (Å²) in [5.41, 5.74) is 0.264. The molecule has 0 radical (unpaired) electrons. The monoisotopic (exact) mass is 261 g/mol. The number of aromatic nitrogens is 1. The summed E-state index contributed by atoms with van der Waals surface area (Å²) in [4.78, 5) is 41.0. The standard InChI is InChI=1S/C13H15N3O3/c17-11-3-1-9(7-14-11)13(19)15-5-6-16-10(8-15)2-4-12(16)18/h1,3,7,10H,2,4-6,8H2,(H,14,17). The summed E-state index contributed by atoms with van der Waals surface area (Å²) >= 11 is 0. The highest BCUT2D eigenvalue weighted by Gasteiger charge is 2.36. The first-order valence-corrected chi connectivity index (χ1v) is 6.42.